The van der Waals surface area contributed by atoms with Gasteiger partial charge in [0.1, 0.15) is 6.04 Å². The molecule has 110 valence electrons. The molecule has 0 aromatic heterocycles. The molecule has 1 unspecified atom stereocenters. The van der Waals surface area contributed by atoms with Gasteiger partial charge in [0, 0.05) is 13.2 Å². The zero-order valence-corrected chi connectivity index (χ0v) is 11.3. The Kier molecular flexibility index (Phi) is 7.13. The molecule has 0 aliphatic heterocycles. The Labute approximate surface area is 118 Å². The molecule has 0 bridgehead atoms. The molecule has 6 nitrogen and oxygen atoms in total. The van der Waals surface area contributed by atoms with Crippen LogP contribution in [0.2, 0.25) is 0 Å². The normalized spacial score (nSPS) is 11.7. The number of benzene rings is 1. The minimum atomic E-state index is -0.786. The Morgan fingerprint density at radius 1 is 1.15 bits per heavy atom. The van der Waals surface area contributed by atoms with Gasteiger partial charge in [-0.05, 0) is 24.8 Å². The summed E-state index contributed by atoms with van der Waals surface area (Å²) in [5.41, 5.74) is 5.78. The molecule has 5 N–H and O–H groups in total. The largest absolute Gasteiger partial charge is 0.396 e. The highest BCUT2D eigenvalue weighted by molar-refractivity contribution is 5.87. The molecule has 0 saturated heterocycles. The fraction of sp³-hybridized carbons (Fsp3) is 0.429. The summed E-state index contributed by atoms with van der Waals surface area (Å²) < 4.78 is 0. The van der Waals surface area contributed by atoms with Crippen molar-refractivity contribution in [2.75, 3.05) is 13.2 Å². The molecule has 20 heavy (non-hydrogen) atoms. The van der Waals surface area contributed by atoms with Crippen LogP contribution in [0.4, 0.5) is 4.79 Å². The Bertz CT molecular complexity index is 423. The number of unbranched alkanes of at least 4 members (excludes halogenated alkanes) is 2. The highest BCUT2D eigenvalue weighted by Gasteiger charge is 2.20. The van der Waals surface area contributed by atoms with Gasteiger partial charge >= 0.3 is 6.03 Å². The quantitative estimate of drug-likeness (QED) is 0.526. The van der Waals surface area contributed by atoms with Crippen molar-refractivity contribution in [2.24, 2.45) is 5.73 Å². The van der Waals surface area contributed by atoms with E-state index in [2.05, 4.69) is 10.6 Å². The van der Waals surface area contributed by atoms with E-state index in [1.165, 1.54) is 0 Å². The summed E-state index contributed by atoms with van der Waals surface area (Å²) in [6.07, 6.45) is 2.35. The van der Waals surface area contributed by atoms with Gasteiger partial charge in [0.25, 0.3) is 0 Å². The molecular formula is C14H21N3O3. The topological polar surface area (TPSA) is 104 Å². The Balaban J connectivity index is 2.55. The van der Waals surface area contributed by atoms with Crippen LogP contribution in [0.1, 0.15) is 30.9 Å². The highest BCUT2D eigenvalue weighted by Crippen LogP contribution is 2.12. The van der Waals surface area contributed by atoms with E-state index in [1.54, 1.807) is 24.3 Å². The van der Waals surface area contributed by atoms with Crippen molar-refractivity contribution in [3.63, 3.8) is 0 Å². The third-order valence-corrected chi connectivity index (χ3v) is 2.82. The zero-order chi connectivity index (χ0) is 14.8. The van der Waals surface area contributed by atoms with Gasteiger partial charge in [-0.25, -0.2) is 4.79 Å². The monoisotopic (exact) mass is 279 g/mol. The second kappa shape index (κ2) is 8.92. The number of urea groups is 1. The van der Waals surface area contributed by atoms with E-state index in [0.29, 0.717) is 12.1 Å². The number of nitrogens with two attached hydrogens (primary N) is 1. The van der Waals surface area contributed by atoms with Crippen LogP contribution in [-0.2, 0) is 4.79 Å². The summed E-state index contributed by atoms with van der Waals surface area (Å²) in [7, 11) is 0. The van der Waals surface area contributed by atoms with Gasteiger partial charge < -0.3 is 21.5 Å². The molecule has 1 aromatic rings. The first kappa shape index (κ1) is 16.0. The Morgan fingerprint density at radius 3 is 2.45 bits per heavy atom. The minimum absolute atomic E-state index is 0.157. The second-order valence-corrected chi connectivity index (χ2v) is 4.43. The lowest BCUT2D eigenvalue weighted by Crippen LogP contribution is -2.42. The van der Waals surface area contributed by atoms with E-state index in [1.807, 2.05) is 6.07 Å². The van der Waals surface area contributed by atoms with Gasteiger partial charge in [-0.2, -0.15) is 0 Å². The van der Waals surface area contributed by atoms with Gasteiger partial charge in [0.15, 0.2) is 0 Å². The van der Waals surface area contributed by atoms with E-state index < -0.39 is 12.1 Å². The number of amides is 3. The van der Waals surface area contributed by atoms with E-state index in [-0.39, 0.29) is 12.5 Å². The van der Waals surface area contributed by atoms with Crippen molar-refractivity contribution in [3.05, 3.63) is 35.9 Å². The predicted molar refractivity (Wildman–Crippen MR) is 75.8 cm³/mol. The van der Waals surface area contributed by atoms with E-state index >= 15 is 0 Å². The number of nitrogens with one attached hydrogen (secondary N) is 2. The lowest BCUT2D eigenvalue weighted by atomic mass is 10.1. The number of hydrogen-bond acceptors (Lipinski definition) is 3. The highest BCUT2D eigenvalue weighted by atomic mass is 16.3. The summed E-state index contributed by atoms with van der Waals surface area (Å²) in [4.78, 5) is 23.1. The van der Waals surface area contributed by atoms with Gasteiger partial charge in [0.2, 0.25) is 5.91 Å². The third kappa shape index (κ3) is 5.71. The fourth-order valence-electron chi connectivity index (χ4n) is 1.82. The number of hydrogen-bond donors (Lipinski definition) is 4. The summed E-state index contributed by atoms with van der Waals surface area (Å²) in [5.74, 6) is -0.293. The van der Waals surface area contributed by atoms with E-state index in [4.69, 9.17) is 10.8 Å². The molecule has 1 atom stereocenters. The molecule has 1 aromatic carbocycles. The van der Waals surface area contributed by atoms with Crippen LogP contribution >= 0.6 is 0 Å². The average Bonchev–Trinajstić information content (AvgIpc) is 2.45. The number of carbonyl (C=O) groups is 2. The third-order valence-electron chi connectivity index (χ3n) is 2.82. The van der Waals surface area contributed by atoms with Crippen molar-refractivity contribution < 1.29 is 14.7 Å². The Hall–Kier alpha value is -2.08. The number of rotatable bonds is 8. The summed E-state index contributed by atoms with van der Waals surface area (Å²) in [6.45, 7) is 0.659. The maximum atomic E-state index is 12.1. The number of aliphatic hydroxyl groups is 1. The smallest absolute Gasteiger partial charge is 0.313 e. The summed E-state index contributed by atoms with van der Waals surface area (Å²) >= 11 is 0. The first-order valence-electron chi connectivity index (χ1n) is 6.64. The molecular weight excluding hydrogens is 258 g/mol. The summed E-state index contributed by atoms with van der Waals surface area (Å²) in [6, 6.07) is 7.40. The van der Waals surface area contributed by atoms with Crippen molar-refractivity contribution >= 4 is 11.9 Å². The molecule has 1 rings (SSSR count). The fourth-order valence-corrected chi connectivity index (χ4v) is 1.82. The van der Waals surface area contributed by atoms with Crippen LogP contribution in [0.15, 0.2) is 30.3 Å². The first-order valence-corrected chi connectivity index (χ1v) is 6.64. The SMILES string of the molecule is NC(=O)NC(C(=O)NCCCCCO)c1ccccc1. The molecule has 3 amide bonds. The molecule has 0 saturated carbocycles. The maximum absolute atomic E-state index is 12.1. The molecule has 0 radical (unpaired) electrons. The lowest BCUT2D eigenvalue weighted by molar-refractivity contribution is -0.123. The van der Waals surface area contributed by atoms with Gasteiger partial charge in [0.05, 0.1) is 0 Å². The van der Waals surface area contributed by atoms with E-state index in [9.17, 15) is 9.59 Å². The van der Waals surface area contributed by atoms with Crippen LogP contribution in [-0.4, -0.2) is 30.2 Å². The second-order valence-electron chi connectivity index (χ2n) is 4.43. The number of primary amides is 1. The molecule has 0 spiro atoms. The number of aliphatic hydroxyl groups excluding tert-OH is 1. The summed E-state index contributed by atoms with van der Waals surface area (Å²) in [5, 5.41) is 13.9. The van der Waals surface area contributed by atoms with Crippen LogP contribution in [0.3, 0.4) is 0 Å². The minimum Gasteiger partial charge on any atom is -0.396 e. The molecule has 0 fully saturated rings. The predicted octanol–water partition coefficient (Wildman–Crippen LogP) is 0.675. The first-order chi connectivity index (χ1) is 9.65. The van der Waals surface area contributed by atoms with Crippen LogP contribution < -0.4 is 16.4 Å². The standard InChI is InChI=1S/C14H21N3O3/c15-14(20)17-12(11-7-3-1-4-8-11)13(19)16-9-5-2-6-10-18/h1,3-4,7-8,12,18H,2,5-6,9-10H2,(H,16,19)(H3,15,17,20). The van der Waals surface area contributed by atoms with Crippen LogP contribution in [0.5, 0.6) is 0 Å². The molecule has 0 heterocycles. The van der Waals surface area contributed by atoms with Crippen LogP contribution in [0, 0.1) is 0 Å². The van der Waals surface area contributed by atoms with Crippen LogP contribution in [0.25, 0.3) is 0 Å². The molecule has 6 heteroatoms. The number of carbonyl (C=O) groups excluding carboxylic acids is 2. The van der Waals surface area contributed by atoms with Gasteiger partial charge in [-0.3, -0.25) is 4.79 Å². The van der Waals surface area contributed by atoms with Crippen molar-refractivity contribution in [1.29, 1.82) is 0 Å². The average molecular weight is 279 g/mol. The zero-order valence-electron chi connectivity index (χ0n) is 11.3. The van der Waals surface area contributed by atoms with Gasteiger partial charge in [-0.15, -0.1) is 0 Å². The van der Waals surface area contributed by atoms with Crippen molar-refractivity contribution in [3.8, 4) is 0 Å². The Morgan fingerprint density at radius 2 is 1.85 bits per heavy atom. The van der Waals surface area contributed by atoms with E-state index in [0.717, 1.165) is 19.3 Å². The molecule has 0 aliphatic carbocycles. The maximum Gasteiger partial charge on any atom is 0.313 e. The van der Waals surface area contributed by atoms with Crippen molar-refractivity contribution in [1.82, 2.24) is 10.6 Å². The van der Waals surface area contributed by atoms with Crippen molar-refractivity contribution in [2.45, 2.75) is 25.3 Å². The molecule has 0 aliphatic rings. The van der Waals surface area contributed by atoms with Gasteiger partial charge in [-0.1, -0.05) is 30.3 Å². The lowest BCUT2D eigenvalue weighted by Gasteiger charge is -2.17.